The molecule has 3 N–H and O–H groups in total. The summed E-state index contributed by atoms with van der Waals surface area (Å²) in [6.45, 7) is 0. The Balaban J connectivity index is 2.70. The first kappa shape index (κ1) is 12.6. The van der Waals surface area contributed by atoms with Crippen LogP contribution in [0, 0.1) is 11.3 Å². The third kappa shape index (κ3) is 4.40. The second-order valence-electron chi connectivity index (χ2n) is 3.52. The summed E-state index contributed by atoms with van der Waals surface area (Å²) >= 11 is 0. The molecular formula is C10H12N2O3S. The van der Waals surface area contributed by atoms with Gasteiger partial charge in [0.05, 0.1) is 17.4 Å². The van der Waals surface area contributed by atoms with Gasteiger partial charge >= 0.3 is 0 Å². The van der Waals surface area contributed by atoms with Crippen LogP contribution in [0.25, 0.3) is 0 Å². The van der Waals surface area contributed by atoms with E-state index in [1.807, 2.05) is 6.07 Å². The van der Waals surface area contributed by atoms with Gasteiger partial charge in [-0.3, -0.25) is 4.55 Å². The highest BCUT2D eigenvalue weighted by Gasteiger charge is 2.13. The molecule has 0 aliphatic heterocycles. The van der Waals surface area contributed by atoms with Gasteiger partial charge in [0, 0.05) is 6.04 Å². The first-order valence-electron chi connectivity index (χ1n) is 4.60. The lowest BCUT2D eigenvalue weighted by atomic mass is 10.1. The van der Waals surface area contributed by atoms with Gasteiger partial charge in [-0.1, -0.05) is 12.1 Å². The van der Waals surface area contributed by atoms with Crippen molar-refractivity contribution in [2.45, 2.75) is 12.5 Å². The molecule has 0 saturated carbocycles. The van der Waals surface area contributed by atoms with E-state index in [2.05, 4.69) is 0 Å². The fraction of sp³-hybridized carbons (Fsp3) is 0.300. The number of nitriles is 1. The van der Waals surface area contributed by atoms with Crippen molar-refractivity contribution < 1.29 is 13.0 Å². The van der Waals surface area contributed by atoms with Gasteiger partial charge in [0.2, 0.25) is 0 Å². The highest BCUT2D eigenvalue weighted by atomic mass is 32.2. The van der Waals surface area contributed by atoms with Crippen LogP contribution in [0.5, 0.6) is 0 Å². The molecule has 0 unspecified atom stereocenters. The van der Waals surface area contributed by atoms with E-state index in [0.29, 0.717) is 12.0 Å². The standard InChI is InChI=1S/C10H12N2O3S/c11-6-9-3-1-2-8(4-9)5-10(12)7-16(13,14)15/h1-4,10H,5,7,12H2,(H,13,14,15)/t10-/m0/s1. The van der Waals surface area contributed by atoms with Gasteiger partial charge in [-0.05, 0) is 24.1 Å². The van der Waals surface area contributed by atoms with Crippen LogP contribution in [0.1, 0.15) is 11.1 Å². The Labute approximate surface area is 94.3 Å². The van der Waals surface area contributed by atoms with E-state index in [4.69, 9.17) is 15.5 Å². The van der Waals surface area contributed by atoms with Crippen molar-refractivity contribution in [1.82, 2.24) is 0 Å². The Hall–Kier alpha value is -1.42. The number of hydrogen-bond acceptors (Lipinski definition) is 4. The van der Waals surface area contributed by atoms with E-state index >= 15 is 0 Å². The SMILES string of the molecule is N#Cc1cccc(C[C@H](N)CS(=O)(=O)O)c1. The molecule has 0 spiro atoms. The molecule has 1 aromatic carbocycles. The van der Waals surface area contributed by atoms with Gasteiger partial charge in [-0.15, -0.1) is 0 Å². The summed E-state index contributed by atoms with van der Waals surface area (Å²) in [6.07, 6.45) is 0.301. The molecule has 0 fully saturated rings. The maximum Gasteiger partial charge on any atom is 0.266 e. The summed E-state index contributed by atoms with van der Waals surface area (Å²) in [5, 5.41) is 8.67. The lowest BCUT2D eigenvalue weighted by Gasteiger charge is -2.09. The summed E-state index contributed by atoms with van der Waals surface area (Å²) in [4.78, 5) is 0. The lowest BCUT2D eigenvalue weighted by molar-refractivity contribution is 0.476. The largest absolute Gasteiger partial charge is 0.326 e. The van der Waals surface area contributed by atoms with Crippen LogP contribution in [0.4, 0.5) is 0 Å². The van der Waals surface area contributed by atoms with Crippen molar-refractivity contribution in [3.63, 3.8) is 0 Å². The van der Waals surface area contributed by atoms with Crippen LogP contribution < -0.4 is 5.73 Å². The van der Waals surface area contributed by atoms with Gasteiger partial charge < -0.3 is 5.73 Å². The van der Waals surface area contributed by atoms with E-state index in [0.717, 1.165) is 5.56 Å². The minimum Gasteiger partial charge on any atom is -0.326 e. The molecule has 86 valence electrons. The van der Waals surface area contributed by atoms with Crippen molar-refractivity contribution in [2.24, 2.45) is 5.73 Å². The molecule has 5 nitrogen and oxygen atoms in total. The Kier molecular flexibility index (Phi) is 4.01. The van der Waals surface area contributed by atoms with Crippen LogP contribution in [-0.4, -0.2) is 24.8 Å². The zero-order valence-electron chi connectivity index (χ0n) is 8.50. The molecule has 1 aromatic rings. The third-order valence-corrected chi connectivity index (χ3v) is 2.83. The Bertz CT molecular complexity index is 505. The van der Waals surface area contributed by atoms with Gasteiger partial charge in [-0.25, -0.2) is 0 Å². The summed E-state index contributed by atoms with van der Waals surface area (Å²) < 4.78 is 29.8. The predicted octanol–water partition coefficient (Wildman–Crippen LogP) is 0.316. The minimum atomic E-state index is -4.05. The zero-order valence-corrected chi connectivity index (χ0v) is 9.31. The maximum atomic E-state index is 10.6. The van der Waals surface area contributed by atoms with Crippen LogP contribution in [0.15, 0.2) is 24.3 Å². The second-order valence-corrected chi connectivity index (χ2v) is 5.02. The topological polar surface area (TPSA) is 104 Å². The molecule has 0 heterocycles. The monoisotopic (exact) mass is 240 g/mol. The predicted molar refractivity (Wildman–Crippen MR) is 59.3 cm³/mol. The first-order chi connectivity index (χ1) is 7.40. The molecular weight excluding hydrogens is 228 g/mol. The van der Waals surface area contributed by atoms with Crippen molar-refractivity contribution in [3.8, 4) is 6.07 Å². The van der Waals surface area contributed by atoms with Crippen molar-refractivity contribution in [1.29, 1.82) is 5.26 Å². The van der Waals surface area contributed by atoms with Gasteiger partial charge in [0.25, 0.3) is 10.1 Å². The Morgan fingerprint density at radius 3 is 2.75 bits per heavy atom. The second kappa shape index (κ2) is 5.07. The van der Waals surface area contributed by atoms with E-state index in [-0.39, 0.29) is 0 Å². The fourth-order valence-electron chi connectivity index (χ4n) is 1.40. The molecule has 1 rings (SSSR count). The third-order valence-electron chi connectivity index (χ3n) is 1.98. The van der Waals surface area contributed by atoms with Gasteiger partial charge in [0.15, 0.2) is 0 Å². The van der Waals surface area contributed by atoms with E-state index in [1.165, 1.54) is 0 Å². The molecule has 0 aromatic heterocycles. The Morgan fingerprint density at radius 2 is 2.19 bits per heavy atom. The van der Waals surface area contributed by atoms with E-state index in [9.17, 15) is 8.42 Å². The highest BCUT2D eigenvalue weighted by molar-refractivity contribution is 7.85. The van der Waals surface area contributed by atoms with E-state index in [1.54, 1.807) is 24.3 Å². The summed E-state index contributed by atoms with van der Waals surface area (Å²) in [5.41, 5.74) is 6.83. The van der Waals surface area contributed by atoms with Crippen LogP contribution >= 0.6 is 0 Å². The average molecular weight is 240 g/mol. The number of hydrogen-bond donors (Lipinski definition) is 2. The highest BCUT2D eigenvalue weighted by Crippen LogP contribution is 2.07. The minimum absolute atomic E-state index is 0.301. The molecule has 0 radical (unpaired) electrons. The maximum absolute atomic E-state index is 10.6. The first-order valence-corrected chi connectivity index (χ1v) is 6.21. The smallest absolute Gasteiger partial charge is 0.266 e. The molecule has 0 amide bonds. The van der Waals surface area contributed by atoms with Crippen LogP contribution in [-0.2, 0) is 16.5 Å². The molecule has 0 bridgehead atoms. The summed E-state index contributed by atoms with van der Waals surface area (Å²) in [6, 6.07) is 8.05. The molecule has 6 heteroatoms. The molecule has 0 aliphatic rings. The normalized spacial score (nSPS) is 13.1. The number of nitrogens with zero attached hydrogens (tertiary/aromatic N) is 1. The number of nitrogens with two attached hydrogens (primary N) is 1. The van der Waals surface area contributed by atoms with Crippen LogP contribution in [0.3, 0.4) is 0 Å². The quantitative estimate of drug-likeness (QED) is 0.737. The zero-order chi connectivity index (χ0) is 12.2. The number of rotatable bonds is 4. The van der Waals surface area contributed by atoms with Crippen molar-refractivity contribution >= 4 is 10.1 Å². The van der Waals surface area contributed by atoms with Crippen molar-refractivity contribution in [3.05, 3.63) is 35.4 Å². The molecule has 0 saturated heterocycles. The van der Waals surface area contributed by atoms with Crippen molar-refractivity contribution in [2.75, 3.05) is 5.75 Å². The van der Waals surface area contributed by atoms with Gasteiger partial charge in [-0.2, -0.15) is 13.7 Å². The fourth-order valence-corrected chi connectivity index (χ4v) is 2.06. The van der Waals surface area contributed by atoms with E-state index < -0.39 is 21.9 Å². The Morgan fingerprint density at radius 1 is 1.50 bits per heavy atom. The van der Waals surface area contributed by atoms with Gasteiger partial charge in [0.1, 0.15) is 0 Å². The summed E-state index contributed by atoms with van der Waals surface area (Å²) in [7, 11) is -4.05. The lowest BCUT2D eigenvalue weighted by Crippen LogP contribution is -2.31. The molecule has 1 atom stereocenters. The summed E-state index contributed by atoms with van der Waals surface area (Å²) in [5.74, 6) is -0.482. The van der Waals surface area contributed by atoms with Crippen LogP contribution in [0.2, 0.25) is 0 Å². The molecule has 0 aliphatic carbocycles. The number of benzene rings is 1. The molecule has 16 heavy (non-hydrogen) atoms. The average Bonchev–Trinajstić information content (AvgIpc) is 2.15.